The Morgan fingerprint density at radius 3 is 2.62 bits per heavy atom. The summed E-state index contributed by atoms with van der Waals surface area (Å²) >= 11 is 0. The van der Waals surface area contributed by atoms with E-state index in [9.17, 15) is 13.6 Å². The fraction of sp³-hybridized carbons (Fsp3) is 0.316. The summed E-state index contributed by atoms with van der Waals surface area (Å²) in [6.07, 6.45) is 2.03. The molecule has 1 heterocycles. The maximum absolute atomic E-state index is 13.7. The number of hydrogen-bond acceptors (Lipinski definition) is 3. The molecule has 0 atom stereocenters. The Kier molecular flexibility index (Phi) is 6.94. The van der Waals surface area contributed by atoms with Crippen LogP contribution in [0.3, 0.4) is 0 Å². The molecule has 1 amide bonds. The molecule has 1 fully saturated rings. The fourth-order valence-corrected chi connectivity index (χ4v) is 2.81. The van der Waals surface area contributed by atoms with Gasteiger partial charge in [-0.15, -0.1) is 12.4 Å². The highest BCUT2D eigenvalue weighted by atomic mass is 35.5. The second-order valence-electron chi connectivity index (χ2n) is 6.23. The first-order valence-corrected chi connectivity index (χ1v) is 8.23. The molecular formula is C19H21ClF2N2O2. The van der Waals surface area contributed by atoms with Gasteiger partial charge in [-0.3, -0.25) is 4.79 Å². The van der Waals surface area contributed by atoms with Crippen molar-refractivity contribution in [3.63, 3.8) is 0 Å². The number of ether oxygens (including phenoxy) is 1. The van der Waals surface area contributed by atoms with Crippen molar-refractivity contribution >= 4 is 24.0 Å². The van der Waals surface area contributed by atoms with E-state index in [1.165, 1.54) is 0 Å². The Labute approximate surface area is 157 Å². The zero-order valence-corrected chi connectivity index (χ0v) is 15.2. The minimum absolute atomic E-state index is 0. The van der Waals surface area contributed by atoms with E-state index >= 15 is 0 Å². The molecule has 1 N–H and O–H groups in total. The first-order chi connectivity index (χ1) is 12.0. The number of nitrogens with zero attached hydrogens (tertiary/aromatic N) is 1. The Morgan fingerprint density at radius 2 is 1.88 bits per heavy atom. The van der Waals surface area contributed by atoms with E-state index in [4.69, 9.17) is 4.74 Å². The molecule has 7 heteroatoms. The second-order valence-corrected chi connectivity index (χ2v) is 6.23. The van der Waals surface area contributed by atoms with Gasteiger partial charge in [0.2, 0.25) is 0 Å². The first-order valence-electron chi connectivity index (χ1n) is 8.23. The van der Waals surface area contributed by atoms with Crippen LogP contribution in [0.5, 0.6) is 5.75 Å². The minimum atomic E-state index is -0.766. The number of nitrogens with one attached hydrogen (secondary N) is 1. The molecule has 0 aliphatic carbocycles. The zero-order chi connectivity index (χ0) is 17.8. The maximum atomic E-state index is 13.7. The molecule has 0 radical (unpaired) electrons. The van der Waals surface area contributed by atoms with Gasteiger partial charge in [0.15, 0.2) is 0 Å². The van der Waals surface area contributed by atoms with Gasteiger partial charge in [-0.2, -0.15) is 0 Å². The highest BCUT2D eigenvalue weighted by molar-refractivity contribution is 6.04. The largest absolute Gasteiger partial charge is 0.490 e. The molecule has 0 aromatic heterocycles. The maximum Gasteiger partial charge on any atom is 0.258 e. The molecule has 0 bridgehead atoms. The van der Waals surface area contributed by atoms with E-state index in [-0.39, 0.29) is 24.1 Å². The normalized spacial score (nSPS) is 15.2. The molecule has 3 rings (SSSR count). The lowest BCUT2D eigenvalue weighted by Crippen LogP contribution is -2.35. The van der Waals surface area contributed by atoms with E-state index in [1.807, 2.05) is 6.07 Å². The highest BCUT2D eigenvalue weighted by Crippen LogP contribution is 2.22. The first kappa shape index (κ1) is 20.1. The summed E-state index contributed by atoms with van der Waals surface area (Å²) in [5, 5.41) is 2.58. The lowest BCUT2D eigenvalue weighted by molar-refractivity contribution is 0.102. The molecule has 0 saturated carbocycles. The Hall–Kier alpha value is -2.18. The van der Waals surface area contributed by atoms with Crippen molar-refractivity contribution in [2.24, 2.45) is 0 Å². The van der Waals surface area contributed by atoms with Crippen molar-refractivity contribution in [2.45, 2.75) is 18.9 Å². The van der Waals surface area contributed by atoms with Gasteiger partial charge < -0.3 is 15.0 Å². The van der Waals surface area contributed by atoms with Crippen LogP contribution in [0.15, 0.2) is 42.5 Å². The number of likely N-dealkylation sites (tertiary alicyclic amines) is 1. The SMILES string of the molecule is CN1CCC(Oc2cccc(NC(=O)c3cc(F)ccc3F)c2)CC1.Cl. The van der Waals surface area contributed by atoms with Crippen LogP contribution in [-0.4, -0.2) is 37.0 Å². The number of benzene rings is 2. The minimum Gasteiger partial charge on any atom is -0.490 e. The number of anilines is 1. The van der Waals surface area contributed by atoms with E-state index < -0.39 is 17.5 Å². The Balaban J connectivity index is 0.00000243. The number of hydrogen-bond donors (Lipinski definition) is 1. The van der Waals surface area contributed by atoms with Crippen molar-refractivity contribution in [3.8, 4) is 5.75 Å². The van der Waals surface area contributed by atoms with E-state index in [0.717, 1.165) is 44.1 Å². The fourth-order valence-electron chi connectivity index (χ4n) is 2.81. The predicted octanol–water partition coefficient (Wildman–Crippen LogP) is 4.11. The third-order valence-electron chi connectivity index (χ3n) is 4.23. The zero-order valence-electron chi connectivity index (χ0n) is 14.4. The lowest BCUT2D eigenvalue weighted by atomic mass is 10.1. The number of amides is 1. The van der Waals surface area contributed by atoms with Crippen LogP contribution in [0.1, 0.15) is 23.2 Å². The molecular weight excluding hydrogens is 362 g/mol. The van der Waals surface area contributed by atoms with Gasteiger partial charge in [-0.05, 0) is 50.2 Å². The van der Waals surface area contributed by atoms with Gasteiger partial charge in [0, 0.05) is 24.8 Å². The summed E-state index contributed by atoms with van der Waals surface area (Å²) in [5.41, 5.74) is 0.140. The number of carbonyl (C=O) groups is 1. The number of halogens is 3. The number of carbonyl (C=O) groups excluding carboxylic acids is 1. The smallest absolute Gasteiger partial charge is 0.258 e. The summed E-state index contributed by atoms with van der Waals surface area (Å²) in [5.74, 6) is -1.48. The summed E-state index contributed by atoms with van der Waals surface area (Å²) < 4.78 is 32.9. The molecule has 2 aromatic rings. The molecule has 1 aliphatic heterocycles. The average Bonchev–Trinajstić information content (AvgIpc) is 2.59. The summed E-state index contributed by atoms with van der Waals surface area (Å²) in [7, 11) is 2.08. The molecule has 1 aliphatic rings. The van der Waals surface area contributed by atoms with Gasteiger partial charge in [0.1, 0.15) is 23.5 Å². The predicted molar refractivity (Wildman–Crippen MR) is 99.1 cm³/mol. The summed E-state index contributed by atoms with van der Waals surface area (Å²) in [6, 6.07) is 9.72. The van der Waals surface area contributed by atoms with Crippen molar-refractivity contribution in [1.29, 1.82) is 0 Å². The number of rotatable bonds is 4. The van der Waals surface area contributed by atoms with Crippen LogP contribution in [0.2, 0.25) is 0 Å². The molecule has 140 valence electrons. The molecule has 2 aromatic carbocycles. The summed E-state index contributed by atoms with van der Waals surface area (Å²) in [4.78, 5) is 14.4. The molecule has 0 unspecified atom stereocenters. The van der Waals surface area contributed by atoms with Crippen LogP contribution in [-0.2, 0) is 0 Å². The average molecular weight is 383 g/mol. The van der Waals surface area contributed by atoms with Gasteiger partial charge >= 0.3 is 0 Å². The highest BCUT2D eigenvalue weighted by Gasteiger charge is 2.18. The third kappa shape index (κ3) is 5.16. The van der Waals surface area contributed by atoms with Crippen LogP contribution in [0.25, 0.3) is 0 Å². The van der Waals surface area contributed by atoms with Gasteiger partial charge in [-0.1, -0.05) is 6.07 Å². The van der Waals surface area contributed by atoms with Gasteiger partial charge in [0.25, 0.3) is 5.91 Å². The molecule has 0 spiro atoms. The number of piperidine rings is 1. The second kappa shape index (κ2) is 8.96. The Bertz CT molecular complexity index is 765. The van der Waals surface area contributed by atoms with Crippen molar-refractivity contribution in [2.75, 3.05) is 25.5 Å². The van der Waals surface area contributed by atoms with Gasteiger partial charge in [0.05, 0.1) is 5.56 Å². The summed E-state index contributed by atoms with van der Waals surface area (Å²) in [6.45, 7) is 1.97. The third-order valence-corrected chi connectivity index (χ3v) is 4.23. The van der Waals surface area contributed by atoms with Crippen LogP contribution < -0.4 is 10.1 Å². The van der Waals surface area contributed by atoms with Crippen LogP contribution >= 0.6 is 12.4 Å². The van der Waals surface area contributed by atoms with Crippen molar-refractivity contribution < 1.29 is 18.3 Å². The topological polar surface area (TPSA) is 41.6 Å². The van der Waals surface area contributed by atoms with Gasteiger partial charge in [-0.25, -0.2) is 8.78 Å². The molecule has 1 saturated heterocycles. The molecule has 26 heavy (non-hydrogen) atoms. The van der Waals surface area contributed by atoms with Crippen LogP contribution in [0.4, 0.5) is 14.5 Å². The quantitative estimate of drug-likeness (QED) is 0.865. The molecule has 4 nitrogen and oxygen atoms in total. The monoisotopic (exact) mass is 382 g/mol. The van der Waals surface area contributed by atoms with E-state index in [2.05, 4.69) is 17.3 Å². The standard InChI is InChI=1S/C19H20F2N2O2.ClH/c1-23-9-7-15(8-10-23)25-16-4-2-3-14(12-16)22-19(24)17-11-13(20)5-6-18(17)21;/h2-6,11-12,15H,7-10H2,1H3,(H,22,24);1H. The lowest BCUT2D eigenvalue weighted by Gasteiger charge is -2.29. The Morgan fingerprint density at radius 1 is 1.15 bits per heavy atom. The van der Waals surface area contributed by atoms with Crippen LogP contribution in [0, 0.1) is 11.6 Å². The van der Waals surface area contributed by atoms with Crippen molar-refractivity contribution in [1.82, 2.24) is 4.90 Å². The van der Waals surface area contributed by atoms with E-state index in [1.54, 1.807) is 18.2 Å². The van der Waals surface area contributed by atoms with E-state index in [0.29, 0.717) is 11.4 Å². The van der Waals surface area contributed by atoms with Crippen molar-refractivity contribution in [3.05, 3.63) is 59.7 Å².